The number of nitrogens with zero attached hydrogens (tertiary/aromatic N) is 1. The Morgan fingerprint density at radius 2 is 2.00 bits per heavy atom. The first-order valence-electron chi connectivity index (χ1n) is 5.49. The Morgan fingerprint density at radius 1 is 1.29 bits per heavy atom. The predicted octanol–water partition coefficient (Wildman–Crippen LogP) is 2.63. The molecule has 2 aromatic rings. The zero-order valence-electron chi connectivity index (χ0n) is 10.0. The summed E-state index contributed by atoms with van der Waals surface area (Å²) in [4.78, 5) is 11.4. The average molecular weight is 229 g/mol. The van der Waals surface area contributed by atoms with E-state index in [-0.39, 0.29) is 5.97 Å². The Balaban J connectivity index is 2.22. The van der Waals surface area contributed by atoms with Crippen molar-refractivity contribution >= 4 is 5.97 Å². The second-order valence-corrected chi connectivity index (χ2v) is 3.98. The first-order valence-corrected chi connectivity index (χ1v) is 5.49. The van der Waals surface area contributed by atoms with Gasteiger partial charge in [0.05, 0.1) is 12.7 Å². The van der Waals surface area contributed by atoms with E-state index >= 15 is 0 Å². The molecule has 17 heavy (non-hydrogen) atoms. The van der Waals surface area contributed by atoms with Gasteiger partial charge in [-0.15, -0.1) is 0 Å². The zero-order valence-corrected chi connectivity index (χ0v) is 10.0. The van der Waals surface area contributed by atoms with Crippen LogP contribution in [0, 0.1) is 6.92 Å². The third-order valence-corrected chi connectivity index (χ3v) is 2.73. The number of carbonyl (C=O) groups excluding carboxylic acids is 1. The van der Waals surface area contributed by atoms with Crippen LogP contribution in [0.4, 0.5) is 0 Å². The summed E-state index contributed by atoms with van der Waals surface area (Å²) in [6.45, 7) is 2.75. The largest absolute Gasteiger partial charge is 0.465 e. The molecule has 0 N–H and O–H groups in total. The number of carbonyl (C=O) groups is 1. The van der Waals surface area contributed by atoms with Gasteiger partial charge in [-0.2, -0.15) is 0 Å². The van der Waals surface area contributed by atoms with Crippen molar-refractivity contribution in [2.45, 2.75) is 13.5 Å². The first kappa shape index (κ1) is 11.5. The summed E-state index contributed by atoms with van der Waals surface area (Å²) in [6.07, 6.45) is 1.83. The van der Waals surface area contributed by atoms with Gasteiger partial charge >= 0.3 is 5.97 Å². The highest BCUT2D eigenvalue weighted by molar-refractivity contribution is 5.89. The summed E-state index contributed by atoms with van der Waals surface area (Å²) in [6, 6.07) is 12.0. The lowest BCUT2D eigenvalue weighted by atomic mass is 10.2. The van der Waals surface area contributed by atoms with Crippen molar-refractivity contribution in [1.29, 1.82) is 0 Å². The van der Waals surface area contributed by atoms with E-state index in [2.05, 4.69) is 12.1 Å². The summed E-state index contributed by atoms with van der Waals surface area (Å²) in [7, 11) is 1.40. The number of ether oxygens (including phenoxy) is 1. The fourth-order valence-electron chi connectivity index (χ4n) is 1.79. The number of esters is 1. The quantitative estimate of drug-likeness (QED) is 0.758. The van der Waals surface area contributed by atoms with Crippen LogP contribution in [0.15, 0.2) is 42.6 Å². The lowest BCUT2D eigenvalue weighted by Gasteiger charge is -2.05. The molecule has 2 rings (SSSR count). The van der Waals surface area contributed by atoms with Crippen molar-refractivity contribution in [1.82, 2.24) is 4.57 Å². The van der Waals surface area contributed by atoms with Crippen LogP contribution in [-0.4, -0.2) is 17.6 Å². The Kier molecular flexibility index (Phi) is 3.28. The van der Waals surface area contributed by atoms with Crippen molar-refractivity contribution in [3.63, 3.8) is 0 Å². The van der Waals surface area contributed by atoms with Gasteiger partial charge in [-0.1, -0.05) is 30.3 Å². The van der Waals surface area contributed by atoms with Crippen molar-refractivity contribution in [3.05, 3.63) is 59.4 Å². The zero-order chi connectivity index (χ0) is 12.3. The molecule has 0 saturated heterocycles. The third kappa shape index (κ3) is 2.56. The fraction of sp³-hybridized carbons (Fsp3) is 0.214. The van der Waals surface area contributed by atoms with Crippen LogP contribution >= 0.6 is 0 Å². The predicted molar refractivity (Wildman–Crippen MR) is 66.1 cm³/mol. The molecule has 3 nitrogen and oxygen atoms in total. The molecule has 0 bridgehead atoms. The van der Waals surface area contributed by atoms with E-state index in [1.165, 1.54) is 12.7 Å². The fourth-order valence-corrected chi connectivity index (χ4v) is 1.79. The molecule has 1 aromatic heterocycles. The van der Waals surface area contributed by atoms with Crippen LogP contribution in [-0.2, 0) is 11.3 Å². The van der Waals surface area contributed by atoms with Crippen LogP contribution in [0.2, 0.25) is 0 Å². The number of hydrogen-bond acceptors (Lipinski definition) is 2. The SMILES string of the molecule is COC(=O)c1cc(C)n(Cc2ccccc2)c1. The number of aromatic nitrogens is 1. The summed E-state index contributed by atoms with van der Waals surface area (Å²) in [5.41, 5.74) is 2.86. The van der Waals surface area contributed by atoms with Crippen molar-refractivity contribution in [2.24, 2.45) is 0 Å². The van der Waals surface area contributed by atoms with E-state index in [4.69, 9.17) is 4.74 Å². The van der Waals surface area contributed by atoms with Crippen molar-refractivity contribution in [3.8, 4) is 0 Å². The second kappa shape index (κ2) is 4.87. The van der Waals surface area contributed by atoms with E-state index in [9.17, 15) is 4.79 Å². The molecule has 0 atom stereocenters. The van der Waals surface area contributed by atoms with Gasteiger partial charge in [-0.05, 0) is 18.6 Å². The van der Waals surface area contributed by atoms with Crippen LogP contribution in [0.5, 0.6) is 0 Å². The van der Waals surface area contributed by atoms with Gasteiger partial charge in [0, 0.05) is 18.4 Å². The van der Waals surface area contributed by atoms with Gasteiger partial charge in [0.25, 0.3) is 0 Å². The van der Waals surface area contributed by atoms with Gasteiger partial charge in [-0.3, -0.25) is 0 Å². The van der Waals surface area contributed by atoms with Crippen LogP contribution < -0.4 is 0 Å². The Bertz CT molecular complexity index is 514. The maximum absolute atomic E-state index is 11.4. The third-order valence-electron chi connectivity index (χ3n) is 2.73. The molecule has 3 heteroatoms. The molecule has 0 saturated carbocycles. The second-order valence-electron chi connectivity index (χ2n) is 3.98. The number of methoxy groups -OCH3 is 1. The minimum absolute atomic E-state index is 0.292. The topological polar surface area (TPSA) is 31.2 Å². The minimum Gasteiger partial charge on any atom is -0.465 e. The summed E-state index contributed by atoms with van der Waals surface area (Å²) < 4.78 is 6.75. The summed E-state index contributed by atoms with van der Waals surface area (Å²) in [5, 5.41) is 0. The van der Waals surface area contributed by atoms with Crippen LogP contribution in [0.1, 0.15) is 21.6 Å². The highest BCUT2D eigenvalue weighted by atomic mass is 16.5. The number of benzene rings is 1. The highest BCUT2D eigenvalue weighted by Crippen LogP contribution is 2.11. The minimum atomic E-state index is -0.292. The maximum Gasteiger partial charge on any atom is 0.339 e. The molecule has 0 spiro atoms. The molecular formula is C14H15NO2. The van der Waals surface area contributed by atoms with Gasteiger partial charge in [0.2, 0.25) is 0 Å². The lowest BCUT2D eigenvalue weighted by Crippen LogP contribution is -2.01. The monoisotopic (exact) mass is 229 g/mol. The van der Waals surface area contributed by atoms with Crippen LogP contribution in [0.3, 0.4) is 0 Å². The first-order chi connectivity index (χ1) is 8.20. The molecular weight excluding hydrogens is 214 g/mol. The number of rotatable bonds is 3. The van der Waals surface area contributed by atoms with E-state index in [0.717, 1.165) is 12.2 Å². The molecule has 1 aromatic carbocycles. The molecule has 0 aliphatic heterocycles. The summed E-state index contributed by atoms with van der Waals surface area (Å²) >= 11 is 0. The van der Waals surface area contributed by atoms with Crippen molar-refractivity contribution in [2.75, 3.05) is 7.11 Å². The Morgan fingerprint density at radius 3 is 2.65 bits per heavy atom. The van der Waals surface area contributed by atoms with Crippen LogP contribution in [0.25, 0.3) is 0 Å². The Hall–Kier alpha value is -2.03. The average Bonchev–Trinajstić information content (AvgIpc) is 2.71. The highest BCUT2D eigenvalue weighted by Gasteiger charge is 2.09. The molecule has 0 aliphatic rings. The standard InChI is InChI=1S/C14H15NO2/c1-11-8-13(14(16)17-2)10-15(11)9-12-6-4-3-5-7-12/h3-8,10H,9H2,1-2H3. The molecule has 0 fully saturated rings. The van der Waals surface area contributed by atoms with Gasteiger partial charge in [0.15, 0.2) is 0 Å². The van der Waals surface area contributed by atoms with Gasteiger partial charge in [-0.25, -0.2) is 4.79 Å². The van der Waals surface area contributed by atoms with E-state index in [0.29, 0.717) is 5.56 Å². The van der Waals surface area contributed by atoms with E-state index in [1.807, 2.05) is 42.0 Å². The smallest absolute Gasteiger partial charge is 0.339 e. The molecule has 0 radical (unpaired) electrons. The summed E-state index contributed by atoms with van der Waals surface area (Å²) in [5.74, 6) is -0.292. The molecule has 0 amide bonds. The van der Waals surface area contributed by atoms with Gasteiger partial charge in [0.1, 0.15) is 0 Å². The molecule has 88 valence electrons. The molecule has 1 heterocycles. The van der Waals surface area contributed by atoms with Gasteiger partial charge < -0.3 is 9.30 Å². The normalized spacial score (nSPS) is 10.2. The van der Waals surface area contributed by atoms with Crippen molar-refractivity contribution < 1.29 is 9.53 Å². The maximum atomic E-state index is 11.4. The van der Waals surface area contributed by atoms with E-state index < -0.39 is 0 Å². The number of aryl methyl sites for hydroxylation is 1. The lowest BCUT2D eigenvalue weighted by molar-refractivity contribution is 0.0600. The molecule has 0 unspecified atom stereocenters. The Labute approximate surface area is 101 Å². The number of hydrogen-bond donors (Lipinski definition) is 0. The molecule has 0 aliphatic carbocycles. The van der Waals surface area contributed by atoms with E-state index in [1.54, 1.807) is 0 Å².